The molecular weight excluding hydrogens is 216 g/mol. The van der Waals surface area contributed by atoms with Crippen molar-refractivity contribution >= 4 is 5.82 Å². The smallest absolute Gasteiger partial charge is 0.166 e. The first kappa shape index (κ1) is 13.4. The van der Waals surface area contributed by atoms with Crippen LogP contribution in [0.5, 0.6) is 0 Å². The molecule has 17 heavy (non-hydrogen) atoms. The van der Waals surface area contributed by atoms with E-state index >= 15 is 0 Å². The third-order valence-corrected chi connectivity index (χ3v) is 2.66. The molecule has 0 aliphatic rings. The van der Waals surface area contributed by atoms with Gasteiger partial charge in [-0.3, -0.25) is 0 Å². The molecule has 0 aliphatic carbocycles. The van der Waals surface area contributed by atoms with Gasteiger partial charge in [-0.1, -0.05) is 0 Å². The lowest BCUT2D eigenvalue weighted by molar-refractivity contribution is 0.183. The Morgan fingerprint density at radius 1 is 1.41 bits per heavy atom. The van der Waals surface area contributed by atoms with Crippen LogP contribution in [0.1, 0.15) is 36.6 Å². The fraction of sp³-hybridized carbons (Fsp3) is 0.583. The van der Waals surface area contributed by atoms with Crippen molar-refractivity contribution in [1.29, 1.82) is 5.26 Å². The minimum atomic E-state index is -0.293. The minimum Gasteiger partial charge on any atom is -0.393 e. The molecule has 0 aromatic carbocycles. The van der Waals surface area contributed by atoms with Gasteiger partial charge in [-0.05, 0) is 39.2 Å². The Hall–Kier alpha value is -1.67. The number of anilines is 1. The monoisotopic (exact) mass is 234 g/mol. The number of aliphatic hydroxyl groups is 1. The van der Waals surface area contributed by atoms with Crippen LogP contribution in [0.25, 0.3) is 0 Å². The second-order valence-electron chi connectivity index (χ2n) is 4.16. The Kier molecular flexibility index (Phi) is 4.85. The third kappa shape index (κ3) is 3.68. The molecule has 0 fully saturated rings. The maximum Gasteiger partial charge on any atom is 0.166 e. The number of aryl methyl sites for hydroxylation is 1. The molecule has 0 aliphatic heterocycles. The van der Waals surface area contributed by atoms with Crippen LogP contribution in [-0.4, -0.2) is 28.0 Å². The summed E-state index contributed by atoms with van der Waals surface area (Å²) in [6, 6.07) is 2.14. The predicted octanol–water partition coefficient (Wildman–Crippen LogP) is 1.54. The molecule has 5 nitrogen and oxygen atoms in total. The fourth-order valence-electron chi connectivity index (χ4n) is 1.47. The van der Waals surface area contributed by atoms with Crippen molar-refractivity contribution in [3.8, 4) is 6.07 Å². The van der Waals surface area contributed by atoms with Gasteiger partial charge in [-0.25, -0.2) is 0 Å². The van der Waals surface area contributed by atoms with Crippen molar-refractivity contribution in [1.82, 2.24) is 10.2 Å². The number of nitrogens with one attached hydrogen (secondary N) is 1. The molecule has 1 atom stereocenters. The van der Waals surface area contributed by atoms with Crippen LogP contribution in [0.15, 0.2) is 0 Å². The van der Waals surface area contributed by atoms with E-state index in [4.69, 9.17) is 10.4 Å². The lowest BCUT2D eigenvalue weighted by Gasteiger charge is -2.09. The average molecular weight is 234 g/mol. The number of aromatic nitrogens is 2. The Balaban J connectivity index is 2.66. The quantitative estimate of drug-likeness (QED) is 0.755. The minimum absolute atomic E-state index is 0.293. The molecule has 0 spiro atoms. The fourth-order valence-corrected chi connectivity index (χ4v) is 1.47. The third-order valence-electron chi connectivity index (χ3n) is 2.66. The molecule has 0 saturated heterocycles. The Morgan fingerprint density at radius 3 is 2.71 bits per heavy atom. The van der Waals surface area contributed by atoms with Crippen molar-refractivity contribution in [3.05, 3.63) is 16.8 Å². The second-order valence-corrected chi connectivity index (χ2v) is 4.16. The first-order valence-electron chi connectivity index (χ1n) is 5.72. The number of rotatable bonds is 5. The highest BCUT2D eigenvalue weighted by Gasteiger charge is 2.09. The summed E-state index contributed by atoms with van der Waals surface area (Å²) in [5.41, 5.74) is 2.19. The predicted molar refractivity (Wildman–Crippen MR) is 65.6 cm³/mol. The lowest BCUT2D eigenvalue weighted by Crippen LogP contribution is -2.10. The molecular formula is C12H18N4O. The summed E-state index contributed by atoms with van der Waals surface area (Å²) in [6.07, 6.45) is 1.27. The standard InChI is InChI=1S/C12H18N4O/c1-8(17)5-4-6-14-12-11(7-13)9(2)10(3)15-16-12/h8,17H,4-6H2,1-3H3,(H,14,16). The second kappa shape index (κ2) is 6.16. The first-order chi connectivity index (χ1) is 8.06. The molecule has 1 rings (SSSR count). The molecule has 92 valence electrons. The van der Waals surface area contributed by atoms with E-state index in [2.05, 4.69) is 21.6 Å². The van der Waals surface area contributed by atoms with Gasteiger partial charge in [0.05, 0.1) is 11.8 Å². The van der Waals surface area contributed by atoms with Gasteiger partial charge in [0.1, 0.15) is 11.6 Å². The zero-order valence-electron chi connectivity index (χ0n) is 10.5. The van der Waals surface area contributed by atoms with Crippen molar-refractivity contribution in [2.45, 2.75) is 39.7 Å². The largest absolute Gasteiger partial charge is 0.393 e. The van der Waals surface area contributed by atoms with Gasteiger partial charge in [0.15, 0.2) is 5.82 Å². The Labute approximate surface area is 101 Å². The van der Waals surface area contributed by atoms with Gasteiger partial charge in [-0.2, -0.15) is 10.4 Å². The molecule has 1 unspecified atom stereocenters. The average Bonchev–Trinajstić information content (AvgIpc) is 2.29. The topological polar surface area (TPSA) is 81.8 Å². The molecule has 5 heteroatoms. The van der Waals surface area contributed by atoms with Gasteiger partial charge in [0.2, 0.25) is 0 Å². The van der Waals surface area contributed by atoms with Gasteiger partial charge in [0.25, 0.3) is 0 Å². The maximum atomic E-state index is 9.12. The van der Waals surface area contributed by atoms with Crippen molar-refractivity contribution in [2.75, 3.05) is 11.9 Å². The van der Waals surface area contributed by atoms with E-state index in [1.165, 1.54) is 0 Å². The van der Waals surface area contributed by atoms with Crippen LogP contribution in [0.3, 0.4) is 0 Å². The SMILES string of the molecule is Cc1nnc(NCCCC(C)O)c(C#N)c1C. The number of aliphatic hydroxyl groups excluding tert-OH is 1. The molecule has 1 aromatic heterocycles. The summed E-state index contributed by atoms with van der Waals surface area (Å²) < 4.78 is 0. The van der Waals surface area contributed by atoms with Crippen LogP contribution in [0.4, 0.5) is 5.82 Å². The Morgan fingerprint density at radius 2 is 2.12 bits per heavy atom. The Bertz CT molecular complexity index is 423. The van der Waals surface area contributed by atoms with Gasteiger partial charge in [0, 0.05) is 6.54 Å². The van der Waals surface area contributed by atoms with Crippen molar-refractivity contribution in [3.63, 3.8) is 0 Å². The summed E-state index contributed by atoms with van der Waals surface area (Å²) in [5, 5.41) is 29.2. The van der Waals surface area contributed by atoms with Crippen molar-refractivity contribution < 1.29 is 5.11 Å². The zero-order valence-corrected chi connectivity index (χ0v) is 10.5. The van der Waals surface area contributed by atoms with Gasteiger partial charge >= 0.3 is 0 Å². The summed E-state index contributed by atoms with van der Waals surface area (Å²) in [7, 11) is 0. The summed E-state index contributed by atoms with van der Waals surface area (Å²) in [6.45, 7) is 6.14. The first-order valence-corrected chi connectivity index (χ1v) is 5.72. The van der Waals surface area contributed by atoms with Crippen LogP contribution >= 0.6 is 0 Å². The zero-order chi connectivity index (χ0) is 12.8. The van der Waals surface area contributed by atoms with Gasteiger partial charge in [-0.15, -0.1) is 5.10 Å². The number of hydrogen-bond donors (Lipinski definition) is 2. The molecule has 0 saturated carbocycles. The van der Waals surface area contributed by atoms with Crippen LogP contribution < -0.4 is 5.32 Å². The summed E-state index contributed by atoms with van der Waals surface area (Å²) in [5.74, 6) is 0.529. The van der Waals surface area contributed by atoms with E-state index in [1.807, 2.05) is 13.8 Å². The highest BCUT2D eigenvalue weighted by Crippen LogP contribution is 2.16. The molecule has 1 heterocycles. The van der Waals surface area contributed by atoms with E-state index in [9.17, 15) is 0 Å². The number of nitriles is 1. The van der Waals surface area contributed by atoms with Crippen molar-refractivity contribution in [2.24, 2.45) is 0 Å². The normalized spacial score (nSPS) is 11.9. The molecule has 1 aromatic rings. The summed E-state index contributed by atoms with van der Waals surface area (Å²) >= 11 is 0. The van der Waals surface area contributed by atoms with Gasteiger partial charge < -0.3 is 10.4 Å². The van der Waals surface area contributed by atoms with E-state index in [-0.39, 0.29) is 6.10 Å². The van der Waals surface area contributed by atoms with Crippen LogP contribution in [-0.2, 0) is 0 Å². The highest BCUT2D eigenvalue weighted by molar-refractivity contribution is 5.55. The number of nitrogens with zero attached hydrogens (tertiary/aromatic N) is 3. The summed E-state index contributed by atoms with van der Waals surface area (Å²) in [4.78, 5) is 0. The molecule has 2 N–H and O–H groups in total. The van der Waals surface area contributed by atoms with E-state index in [0.29, 0.717) is 17.9 Å². The van der Waals surface area contributed by atoms with E-state index in [0.717, 1.165) is 24.1 Å². The van der Waals surface area contributed by atoms with E-state index < -0.39 is 0 Å². The van der Waals surface area contributed by atoms with Crippen LogP contribution in [0.2, 0.25) is 0 Å². The maximum absolute atomic E-state index is 9.12. The lowest BCUT2D eigenvalue weighted by atomic mass is 10.1. The molecule has 0 amide bonds. The molecule has 0 radical (unpaired) electrons. The highest BCUT2D eigenvalue weighted by atomic mass is 16.3. The molecule has 0 bridgehead atoms. The van der Waals surface area contributed by atoms with E-state index in [1.54, 1.807) is 6.92 Å². The van der Waals surface area contributed by atoms with Crippen LogP contribution in [0, 0.1) is 25.2 Å². The number of hydrogen-bond acceptors (Lipinski definition) is 5.